The number of H-pyrrole nitrogens is 1. The van der Waals surface area contributed by atoms with Gasteiger partial charge in [-0.15, -0.1) is 0 Å². The fraction of sp³-hybridized carbons (Fsp3) is 0.333. The lowest BCUT2D eigenvalue weighted by Gasteiger charge is -2.25. The quantitative estimate of drug-likeness (QED) is 0.846. The van der Waals surface area contributed by atoms with Crippen molar-refractivity contribution >= 4 is 5.91 Å². The minimum Gasteiger partial charge on any atom is -0.497 e. The third-order valence-electron chi connectivity index (χ3n) is 3.88. The van der Waals surface area contributed by atoms with Crippen molar-refractivity contribution in [2.24, 2.45) is 0 Å². The minimum atomic E-state index is -0.378. The van der Waals surface area contributed by atoms with Crippen molar-refractivity contribution in [3.8, 4) is 5.75 Å². The number of amides is 1. The van der Waals surface area contributed by atoms with Crippen molar-refractivity contribution in [2.45, 2.75) is 13.0 Å². The molecular weight excluding hydrogens is 306 g/mol. The van der Waals surface area contributed by atoms with E-state index in [4.69, 9.17) is 4.74 Å². The number of benzene rings is 1. The molecule has 0 saturated carbocycles. The van der Waals surface area contributed by atoms with E-state index in [9.17, 15) is 9.59 Å². The van der Waals surface area contributed by atoms with Crippen LogP contribution in [-0.4, -0.2) is 43.5 Å². The number of rotatable bonds is 6. The lowest BCUT2D eigenvalue weighted by molar-refractivity contribution is 0.0940. The molecule has 0 aliphatic rings. The van der Waals surface area contributed by atoms with Crippen LogP contribution in [0.25, 0.3) is 0 Å². The average Bonchev–Trinajstić information content (AvgIpc) is 2.55. The van der Waals surface area contributed by atoms with Crippen LogP contribution in [0.1, 0.15) is 27.7 Å². The van der Waals surface area contributed by atoms with Gasteiger partial charge in [0.1, 0.15) is 11.3 Å². The van der Waals surface area contributed by atoms with Crippen LogP contribution < -0.4 is 15.6 Å². The second-order valence-electron chi connectivity index (χ2n) is 5.85. The highest BCUT2D eigenvalue weighted by Crippen LogP contribution is 2.20. The molecular formula is C18H23N3O3. The zero-order valence-electron chi connectivity index (χ0n) is 14.4. The molecule has 1 aromatic heterocycles. The lowest BCUT2D eigenvalue weighted by atomic mass is 10.1. The van der Waals surface area contributed by atoms with Gasteiger partial charge in [0.05, 0.1) is 13.2 Å². The molecule has 0 saturated heterocycles. The van der Waals surface area contributed by atoms with E-state index < -0.39 is 0 Å². The number of aromatic amines is 1. The van der Waals surface area contributed by atoms with Gasteiger partial charge >= 0.3 is 0 Å². The summed E-state index contributed by atoms with van der Waals surface area (Å²) >= 11 is 0. The Morgan fingerprint density at radius 2 is 1.88 bits per heavy atom. The molecule has 0 unspecified atom stereocenters. The van der Waals surface area contributed by atoms with Crippen LogP contribution in [0.2, 0.25) is 0 Å². The Hall–Kier alpha value is -2.60. The average molecular weight is 329 g/mol. The summed E-state index contributed by atoms with van der Waals surface area (Å²) in [7, 11) is 5.51. The fourth-order valence-electron chi connectivity index (χ4n) is 2.46. The predicted molar refractivity (Wildman–Crippen MR) is 93.6 cm³/mol. The number of nitrogens with zero attached hydrogens (tertiary/aromatic N) is 1. The number of nitrogens with one attached hydrogen (secondary N) is 2. The zero-order valence-corrected chi connectivity index (χ0v) is 14.4. The van der Waals surface area contributed by atoms with Gasteiger partial charge in [-0.25, -0.2) is 0 Å². The van der Waals surface area contributed by atoms with Crippen LogP contribution in [-0.2, 0) is 0 Å². The highest BCUT2D eigenvalue weighted by molar-refractivity contribution is 5.93. The van der Waals surface area contributed by atoms with Gasteiger partial charge in [-0.1, -0.05) is 12.1 Å². The number of aromatic nitrogens is 1. The summed E-state index contributed by atoms with van der Waals surface area (Å²) in [5.41, 5.74) is 1.52. The summed E-state index contributed by atoms with van der Waals surface area (Å²) in [6.07, 6.45) is 0. The van der Waals surface area contributed by atoms with E-state index in [2.05, 4.69) is 10.3 Å². The van der Waals surface area contributed by atoms with Gasteiger partial charge in [0.25, 0.3) is 11.5 Å². The third kappa shape index (κ3) is 4.23. The minimum absolute atomic E-state index is 0.00983. The smallest absolute Gasteiger partial charge is 0.260 e. The second kappa shape index (κ2) is 7.79. The Morgan fingerprint density at radius 3 is 2.42 bits per heavy atom. The SMILES string of the molecule is COc1ccc([C@H](CNC(=O)c2ccc(C)[nH]c2=O)N(C)C)cc1. The first-order valence-corrected chi connectivity index (χ1v) is 7.71. The Labute approximate surface area is 141 Å². The molecule has 6 nitrogen and oxygen atoms in total. The normalized spacial score (nSPS) is 12.0. The van der Waals surface area contributed by atoms with Crippen molar-refractivity contribution in [3.05, 3.63) is 63.6 Å². The lowest BCUT2D eigenvalue weighted by Crippen LogP contribution is -2.36. The Kier molecular flexibility index (Phi) is 5.76. The molecule has 0 spiro atoms. The Balaban J connectivity index is 2.10. The number of hydrogen-bond acceptors (Lipinski definition) is 4. The summed E-state index contributed by atoms with van der Waals surface area (Å²) in [5, 5.41) is 2.84. The van der Waals surface area contributed by atoms with Crippen molar-refractivity contribution in [3.63, 3.8) is 0 Å². The molecule has 2 N–H and O–H groups in total. The van der Waals surface area contributed by atoms with E-state index in [-0.39, 0.29) is 23.1 Å². The molecule has 0 fully saturated rings. The molecule has 6 heteroatoms. The fourth-order valence-corrected chi connectivity index (χ4v) is 2.46. The maximum absolute atomic E-state index is 12.3. The van der Waals surface area contributed by atoms with Crippen LogP contribution in [0.15, 0.2) is 41.2 Å². The number of methoxy groups -OCH3 is 1. The predicted octanol–water partition coefficient (Wildman–Crippen LogP) is 1.72. The highest BCUT2D eigenvalue weighted by atomic mass is 16.5. The Bertz CT molecular complexity index is 751. The number of likely N-dealkylation sites (N-methyl/N-ethyl adjacent to an activating group) is 1. The maximum atomic E-state index is 12.3. The van der Waals surface area contributed by atoms with Crippen molar-refractivity contribution in [2.75, 3.05) is 27.7 Å². The molecule has 128 valence electrons. The van der Waals surface area contributed by atoms with Gasteiger partial charge in [-0.2, -0.15) is 0 Å². The molecule has 1 atom stereocenters. The summed E-state index contributed by atoms with van der Waals surface area (Å²) < 4.78 is 5.17. The van der Waals surface area contributed by atoms with Gasteiger partial charge in [0, 0.05) is 12.2 Å². The van der Waals surface area contributed by atoms with E-state index in [0.29, 0.717) is 6.54 Å². The summed E-state index contributed by atoms with van der Waals surface area (Å²) in [6, 6.07) is 11.0. The van der Waals surface area contributed by atoms with Crippen LogP contribution in [0.5, 0.6) is 5.75 Å². The third-order valence-corrected chi connectivity index (χ3v) is 3.88. The first kappa shape index (κ1) is 17.7. The summed E-state index contributed by atoms with van der Waals surface area (Å²) in [6.45, 7) is 2.17. The largest absolute Gasteiger partial charge is 0.497 e. The van der Waals surface area contributed by atoms with Crippen LogP contribution in [0.3, 0.4) is 0 Å². The van der Waals surface area contributed by atoms with E-state index in [1.165, 1.54) is 0 Å². The van der Waals surface area contributed by atoms with Crippen molar-refractivity contribution in [1.29, 1.82) is 0 Å². The first-order valence-electron chi connectivity index (χ1n) is 7.71. The Morgan fingerprint density at radius 1 is 1.21 bits per heavy atom. The molecule has 0 bridgehead atoms. The van der Waals surface area contributed by atoms with Gasteiger partial charge in [0.2, 0.25) is 0 Å². The number of aryl methyl sites for hydroxylation is 1. The van der Waals surface area contributed by atoms with Gasteiger partial charge < -0.3 is 19.9 Å². The van der Waals surface area contributed by atoms with Crippen LogP contribution in [0, 0.1) is 6.92 Å². The number of carbonyl (C=O) groups is 1. The van der Waals surface area contributed by atoms with E-state index in [1.54, 1.807) is 26.2 Å². The van der Waals surface area contributed by atoms with Gasteiger partial charge in [-0.3, -0.25) is 9.59 Å². The van der Waals surface area contributed by atoms with E-state index >= 15 is 0 Å². The standard InChI is InChI=1S/C18H23N3O3/c1-12-5-10-15(18(23)20-12)17(22)19-11-16(21(2)3)13-6-8-14(24-4)9-7-13/h5-10,16H,11H2,1-4H3,(H,19,22)(H,20,23)/t16-/m0/s1. The molecule has 24 heavy (non-hydrogen) atoms. The molecule has 1 heterocycles. The van der Waals surface area contributed by atoms with Gasteiger partial charge in [-0.05, 0) is 50.8 Å². The molecule has 2 rings (SSSR count). The summed E-state index contributed by atoms with van der Waals surface area (Å²) in [4.78, 5) is 28.8. The van der Waals surface area contributed by atoms with Crippen molar-refractivity contribution < 1.29 is 9.53 Å². The van der Waals surface area contributed by atoms with Crippen LogP contribution >= 0.6 is 0 Å². The molecule has 0 aliphatic heterocycles. The van der Waals surface area contributed by atoms with Crippen LogP contribution in [0.4, 0.5) is 0 Å². The molecule has 1 aromatic carbocycles. The van der Waals surface area contributed by atoms with Gasteiger partial charge in [0.15, 0.2) is 0 Å². The first-order chi connectivity index (χ1) is 11.4. The van der Waals surface area contributed by atoms with E-state index in [1.807, 2.05) is 43.3 Å². The van der Waals surface area contributed by atoms with Crippen molar-refractivity contribution in [1.82, 2.24) is 15.2 Å². The molecule has 1 amide bonds. The maximum Gasteiger partial charge on any atom is 0.260 e. The second-order valence-corrected chi connectivity index (χ2v) is 5.85. The van der Waals surface area contributed by atoms with E-state index in [0.717, 1.165) is 17.0 Å². The summed E-state index contributed by atoms with van der Waals surface area (Å²) in [5.74, 6) is 0.406. The topological polar surface area (TPSA) is 74.4 Å². The zero-order chi connectivity index (χ0) is 17.7. The number of hydrogen-bond donors (Lipinski definition) is 2. The molecule has 2 aromatic rings. The molecule has 0 radical (unpaired) electrons. The number of ether oxygens (including phenoxy) is 1. The number of carbonyl (C=O) groups excluding carboxylic acids is 1. The molecule has 0 aliphatic carbocycles. The highest BCUT2D eigenvalue weighted by Gasteiger charge is 2.17. The monoisotopic (exact) mass is 329 g/mol. The number of pyridine rings is 1.